The van der Waals surface area contributed by atoms with E-state index in [4.69, 9.17) is 21.1 Å². The molecule has 12 heteroatoms. The summed E-state index contributed by atoms with van der Waals surface area (Å²) in [5.41, 5.74) is 0.365. The number of hydrogen-bond donors (Lipinski definition) is 1. The highest BCUT2D eigenvalue weighted by Gasteiger charge is 2.31. The molecule has 0 fully saturated rings. The standard InChI is InChI=1S/C21H18ClF3N4O3S/c1-12-5-6-26-20(28-12)33-11-14-8-17(18(31-2)9-27-14)32-10-19(30)29-16-7-13(21(23,24)25)3-4-15(16)22/h3-9H,10-11H2,1-2H3,(H,29,30). The molecular weight excluding hydrogens is 481 g/mol. The molecule has 0 aliphatic rings. The molecule has 0 radical (unpaired) electrons. The number of carbonyl (C=O) groups excluding carboxylic acids is 1. The number of aromatic nitrogens is 3. The van der Waals surface area contributed by atoms with Crippen LogP contribution in [0.25, 0.3) is 0 Å². The lowest BCUT2D eigenvalue weighted by atomic mass is 10.2. The van der Waals surface area contributed by atoms with E-state index in [1.54, 1.807) is 18.3 Å². The van der Waals surface area contributed by atoms with Crippen LogP contribution in [0, 0.1) is 6.92 Å². The van der Waals surface area contributed by atoms with Gasteiger partial charge in [-0.15, -0.1) is 0 Å². The summed E-state index contributed by atoms with van der Waals surface area (Å²) in [6, 6.07) is 6.05. The van der Waals surface area contributed by atoms with Gasteiger partial charge in [0, 0.05) is 23.7 Å². The van der Waals surface area contributed by atoms with E-state index in [0.29, 0.717) is 22.4 Å². The highest BCUT2D eigenvalue weighted by Crippen LogP contribution is 2.34. The molecule has 3 rings (SSSR count). The lowest BCUT2D eigenvalue weighted by Gasteiger charge is -2.13. The number of rotatable bonds is 8. The van der Waals surface area contributed by atoms with E-state index < -0.39 is 24.3 Å². The van der Waals surface area contributed by atoms with E-state index in [0.717, 1.165) is 23.9 Å². The topological polar surface area (TPSA) is 86.2 Å². The second-order valence-electron chi connectivity index (χ2n) is 6.63. The minimum Gasteiger partial charge on any atom is -0.491 e. The number of halogens is 4. The van der Waals surface area contributed by atoms with Crippen molar-refractivity contribution in [3.05, 3.63) is 64.7 Å². The van der Waals surface area contributed by atoms with Crippen molar-refractivity contribution in [2.45, 2.75) is 24.0 Å². The zero-order valence-electron chi connectivity index (χ0n) is 17.4. The number of carbonyl (C=O) groups is 1. The first-order chi connectivity index (χ1) is 15.7. The number of alkyl halides is 3. The van der Waals surface area contributed by atoms with Gasteiger partial charge in [-0.3, -0.25) is 9.78 Å². The van der Waals surface area contributed by atoms with Gasteiger partial charge >= 0.3 is 6.18 Å². The normalized spacial score (nSPS) is 11.2. The second-order valence-corrected chi connectivity index (χ2v) is 7.97. The third-order valence-electron chi connectivity index (χ3n) is 4.16. The lowest BCUT2D eigenvalue weighted by molar-refractivity contribution is -0.137. The fourth-order valence-corrected chi connectivity index (χ4v) is 3.51. The predicted octanol–water partition coefficient (Wildman–Crippen LogP) is 5.17. The van der Waals surface area contributed by atoms with Gasteiger partial charge in [0.2, 0.25) is 0 Å². The van der Waals surface area contributed by atoms with Crippen LogP contribution in [0.1, 0.15) is 17.0 Å². The van der Waals surface area contributed by atoms with E-state index in [9.17, 15) is 18.0 Å². The first-order valence-corrected chi connectivity index (χ1v) is 10.8. The Hall–Kier alpha value is -3.05. The molecule has 33 heavy (non-hydrogen) atoms. The molecule has 0 bridgehead atoms. The number of nitrogens with one attached hydrogen (secondary N) is 1. The third kappa shape index (κ3) is 6.96. The van der Waals surface area contributed by atoms with Crippen molar-refractivity contribution in [1.82, 2.24) is 15.0 Å². The summed E-state index contributed by atoms with van der Waals surface area (Å²) >= 11 is 7.28. The van der Waals surface area contributed by atoms with Crippen molar-refractivity contribution in [3.63, 3.8) is 0 Å². The van der Waals surface area contributed by atoms with Gasteiger partial charge < -0.3 is 14.8 Å². The van der Waals surface area contributed by atoms with Crippen LogP contribution in [-0.4, -0.2) is 34.6 Å². The van der Waals surface area contributed by atoms with Gasteiger partial charge in [0.1, 0.15) is 0 Å². The summed E-state index contributed by atoms with van der Waals surface area (Å²) in [6.45, 7) is 1.38. The molecule has 174 valence electrons. The fourth-order valence-electron chi connectivity index (χ4n) is 2.57. The van der Waals surface area contributed by atoms with Crippen LogP contribution < -0.4 is 14.8 Å². The molecule has 0 spiro atoms. The maximum atomic E-state index is 12.9. The molecule has 0 aliphatic heterocycles. The Morgan fingerprint density at radius 1 is 1.18 bits per heavy atom. The van der Waals surface area contributed by atoms with Crippen LogP contribution in [-0.2, 0) is 16.7 Å². The molecule has 0 saturated heterocycles. The number of ether oxygens (including phenoxy) is 2. The van der Waals surface area contributed by atoms with E-state index in [1.165, 1.54) is 25.1 Å². The van der Waals surface area contributed by atoms with Crippen LogP contribution in [0.15, 0.2) is 47.9 Å². The predicted molar refractivity (Wildman–Crippen MR) is 118 cm³/mol. The summed E-state index contributed by atoms with van der Waals surface area (Å²) in [5.74, 6) is 0.286. The number of thioether (sulfide) groups is 1. The smallest absolute Gasteiger partial charge is 0.416 e. The molecule has 1 amide bonds. The summed E-state index contributed by atoms with van der Waals surface area (Å²) in [5, 5.41) is 2.88. The zero-order valence-corrected chi connectivity index (χ0v) is 19.0. The number of anilines is 1. The second kappa shape index (κ2) is 10.7. The van der Waals surface area contributed by atoms with Crippen LogP contribution in [0.3, 0.4) is 0 Å². The van der Waals surface area contributed by atoms with Crippen molar-refractivity contribution in [1.29, 1.82) is 0 Å². The molecule has 1 aromatic carbocycles. The molecular formula is C21H18ClF3N4O3S. The minimum absolute atomic E-state index is 0.0319. The number of hydrogen-bond acceptors (Lipinski definition) is 7. The number of methoxy groups -OCH3 is 1. The molecule has 7 nitrogen and oxygen atoms in total. The lowest BCUT2D eigenvalue weighted by Crippen LogP contribution is -2.21. The van der Waals surface area contributed by atoms with Gasteiger partial charge in [-0.1, -0.05) is 23.4 Å². The molecule has 0 aliphatic carbocycles. The molecule has 0 saturated carbocycles. The maximum absolute atomic E-state index is 12.9. The number of aryl methyl sites for hydroxylation is 1. The first-order valence-electron chi connectivity index (χ1n) is 9.40. The SMILES string of the molecule is COc1cnc(CSc2nccc(C)n2)cc1OCC(=O)Nc1cc(C(F)(F)F)ccc1Cl. The van der Waals surface area contributed by atoms with Gasteiger partial charge in [-0.2, -0.15) is 13.2 Å². The Kier molecular flexibility index (Phi) is 7.98. The van der Waals surface area contributed by atoms with Crippen molar-refractivity contribution in [2.24, 2.45) is 0 Å². The zero-order chi connectivity index (χ0) is 24.0. The van der Waals surface area contributed by atoms with Crippen molar-refractivity contribution in [2.75, 3.05) is 19.0 Å². The van der Waals surface area contributed by atoms with Crippen LogP contribution in [0.5, 0.6) is 11.5 Å². The van der Waals surface area contributed by atoms with Gasteiger partial charge in [0.15, 0.2) is 23.3 Å². The maximum Gasteiger partial charge on any atom is 0.416 e. The average Bonchev–Trinajstić information content (AvgIpc) is 2.77. The van der Waals surface area contributed by atoms with Crippen LogP contribution in [0.2, 0.25) is 5.02 Å². The Morgan fingerprint density at radius 2 is 1.97 bits per heavy atom. The molecule has 2 heterocycles. The molecule has 3 aromatic rings. The Bertz CT molecular complexity index is 1150. The monoisotopic (exact) mass is 498 g/mol. The van der Waals surface area contributed by atoms with Gasteiger partial charge in [0.05, 0.1) is 35.3 Å². The minimum atomic E-state index is -4.57. The van der Waals surface area contributed by atoms with Crippen molar-refractivity contribution >= 4 is 35.0 Å². The number of amides is 1. The highest BCUT2D eigenvalue weighted by molar-refractivity contribution is 7.98. The first kappa shape index (κ1) is 24.6. The number of nitrogens with zero attached hydrogens (tertiary/aromatic N) is 3. The number of pyridine rings is 1. The molecule has 2 aromatic heterocycles. The molecule has 0 atom stereocenters. The molecule has 0 unspecified atom stereocenters. The van der Waals surface area contributed by atoms with E-state index in [1.807, 2.05) is 6.92 Å². The van der Waals surface area contributed by atoms with Crippen LogP contribution >= 0.6 is 23.4 Å². The third-order valence-corrected chi connectivity index (χ3v) is 5.38. The van der Waals surface area contributed by atoms with Gasteiger partial charge in [0.25, 0.3) is 5.91 Å². The van der Waals surface area contributed by atoms with Crippen molar-refractivity contribution < 1.29 is 27.4 Å². The van der Waals surface area contributed by atoms with E-state index in [-0.39, 0.29) is 16.5 Å². The summed E-state index contributed by atoms with van der Waals surface area (Å²) in [6.07, 6.45) is -1.46. The van der Waals surface area contributed by atoms with Crippen molar-refractivity contribution in [3.8, 4) is 11.5 Å². The molecule has 1 N–H and O–H groups in total. The van der Waals surface area contributed by atoms with E-state index >= 15 is 0 Å². The summed E-state index contributed by atoms with van der Waals surface area (Å²) < 4.78 is 49.5. The Labute approximate surface area is 196 Å². The Morgan fingerprint density at radius 3 is 2.67 bits per heavy atom. The van der Waals surface area contributed by atoms with E-state index in [2.05, 4.69) is 20.3 Å². The Balaban J connectivity index is 1.65. The summed E-state index contributed by atoms with van der Waals surface area (Å²) in [4.78, 5) is 25.0. The van der Waals surface area contributed by atoms with Crippen LogP contribution in [0.4, 0.5) is 18.9 Å². The quantitative estimate of drug-likeness (QED) is 0.338. The number of benzene rings is 1. The largest absolute Gasteiger partial charge is 0.491 e. The fraction of sp³-hybridized carbons (Fsp3) is 0.238. The average molecular weight is 499 g/mol. The van der Waals surface area contributed by atoms with Gasteiger partial charge in [-0.25, -0.2) is 9.97 Å². The highest BCUT2D eigenvalue weighted by atomic mass is 35.5. The summed E-state index contributed by atoms with van der Waals surface area (Å²) in [7, 11) is 1.42. The van der Waals surface area contributed by atoms with Gasteiger partial charge in [-0.05, 0) is 31.2 Å².